The highest BCUT2D eigenvalue weighted by Crippen LogP contribution is 2.16. The lowest BCUT2D eigenvalue weighted by molar-refractivity contribution is -0.128. The average molecular weight is 262 g/mol. The summed E-state index contributed by atoms with van der Waals surface area (Å²) < 4.78 is 0. The third-order valence-electron chi connectivity index (χ3n) is 3.11. The van der Waals surface area contributed by atoms with Crippen LogP contribution in [-0.2, 0) is 11.3 Å². The Bertz CT molecular complexity index is 489. The number of hydrogen-bond donors (Lipinski definition) is 2. The smallest absolute Gasteiger partial charge is 0.325 e. The second-order valence-electron chi connectivity index (χ2n) is 4.51. The summed E-state index contributed by atoms with van der Waals surface area (Å²) in [5, 5.41) is 5.64. The zero-order chi connectivity index (χ0) is 13.8. The first-order chi connectivity index (χ1) is 9.15. The maximum atomic E-state index is 12.1. The van der Waals surface area contributed by atoms with E-state index >= 15 is 0 Å². The van der Waals surface area contributed by atoms with E-state index in [1.54, 1.807) is 19.3 Å². The van der Waals surface area contributed by atoms with E-state index in [0.29, 0.717) is 6.42 Å². The van der Waals surface area contributed by atoms with Crippen LogP contribution in [0.3, 0.4) is 0 Å². The van der Waals surface area contributed by atoms with Crippen LogP contribution in [0.4, 0.5) is 10.6 Å². The van der Waals surface area contributed by atoms with Crippen molar-refractivity contribution in [3.05, 3.63) is 23.9 Å². The largest absolute Gasteiger partial charge is 0.373 e. The Labute approximate surface area is 112 Å². The van der Waals surface area contributed by atoms with E-state index < -0.39 is 0 Å². The first-order valence-electron chi connectivity index (χ1n) is 6.40. The lowest BCUT2D eigenvalue weighted by Crippen LogP contribution is -2.31. The number of carbonyl (C=O) groups is 2. The van der Waals surface area contributed by atoms with E-state index in [2.05, 4.69) is 15.6 Å². The number of rotatable bonds is 5. The predicted molar refractivity (Wildman–Crippen MR) is 71.6 cm³/mol. The van der Waals surface area contributed by atoms with E-state index in [1.807, 2.05) is 13.0 Å². The summed E-state index contributed by atoms with van der Waals surface area (Å²) in [6.45, 7) is 2.27. The fraction of sp³-hybridized carbons (Fsp3) is 0.462. The number of nitrogens with one attached hydrogen (secondary N) is 2. The summed E-state index contributed by atoms with van der Waals surface area (Å²) in [5.41, 5.74) is 0.875. The summed E-state index contributed by atoms with van der Waals surface area (Å²) in [6.07, 6.45) is 3.20. The summed E-state index contributed by atoms with van der Waals surface area (Å²) in [7, 11) is 1.77. The molecule has 1 unspecified atom stereocenters. The molecule has 1 saturated heterocycles. The van der Waals surface area contributed by atoms with Gasteiger partial charge in [0.15, 0.2) is 0 Å². The van der Waals surface area contributed by atoms with Crippen molar-refractivity contribution in [2.75, 3.05) is 12.4 Å². The second-order valence-corrected chi connectivity index (χ2v) is 4.51. The number of urea groups is 1. The van der Waals surface area contributed by atoms with Gasteiger partial charge < -0.3 is 10.6 Å². The first kappa shape index (κ1) is 13.3. The second kappa shape index (κ2) is 5.69. The van der Waals surface area contributed by atoms with Gasteiger partial charge in [0, 0.05) is 13.2 Å². The van der Waals surface area contributed by atoms with Gasteiger partial charge in [-0.15, -0.1) is 0 Å². The summed E-state index contributed by atoms with van der Waals surface area (Å²) >= 11 is 0. The fourth-order valence-corrected chi connectivity index (χ4v) is 2.10. The van der Waals surface area contributed by atoms with Crippen LogP contribution in [0, 0.1) is 0 Å². The van der Waals surface area contributed by atoms with Gasteiger partial charge in [-0.2, -0.15) is 0 Å². The van der Waals surface area contributed by atoms with Gasteiger partial charge >= 0.3 is 6.03 Å². The number of nitrogens with zero attached hydrogens (tertiary/aromatic N) is 2. The SMILES string of the molecule is CCCC1NC(=O)N(Cc2ccnc(NC)c2)C1=O. The molecule has 2 rings (SSSR count). The monoisotopic (exact) mass is 262 g/mol. The molecule has 1 fully saturated rings. The number of anilines is 1. The summed E-state index contributed by atoms with van der Waals surface area (Å²) in [6, 6.07) is 2.94. The lowest BCUT2D eigenvalue weighted by atomic mass is 10.1. The van der Waals surface area contributed by atoms with Crippen LogP contribution < -0.4 is 10.6 Å². The van der Waals surface area contributed by atoms with Crippen molar-refractivity contribution in [2.24, 2.45) is 0 Å². The number of carbonyl (C=O) groups excluding carboxylic acids is 2. The summed E-state index contributed by atoms with van der Waals surface area (Å²) in [4.78, 5) is 29.2. The van der Waals surface area contributed by atoms with Crippen molar-refractivity contribution in [1.82, 2.24) is 15.2 Å². The van der Waals surface area contributed by atoms with Gasteiger partial charge in [-0.1, -0.05) is 13.3 Å². The Morgan fingerprint density at radius 3 is 2.95 bits per heavy atom. The first-order valence-corrected chi connectivity index (χ1v) is 6.40. The van der Waals surface area contributed by atoms with Crippen molar-refractivity contribution in [3.63, 3.8) is 0 Å². The maximum absolute atomic E-state index is 12.1. The van der Waals surface area contributed by atoms with Crippen LogP contribution in [0.15, 0.2) is 18.3 Å². The van der Waals surface area contributed by atoms with E-state index in [0.717, 1.165) is 17.8 Å². The topological polar surface area (TPSA) is 74.3 Å². The predicted octanol–water partition coefficient (Wildman–Crippen LogP) is 1.34. The Kier molecular flexibility index (Phi) is 3.99. The van der Waals surface area contributed by atoms with Gasteiger partial charge in [-0.25, -0.2) is 9.78 Å². The standard InChI is InChI=1S/C13H18N4O2/c1-3-4-10-12(18)17(13(19)16-10)8-9-5-6-15-11(7-9)14-2/h5-7,10H,3-4,8H2,1-2H3,(H,14,15)(H,16,19). The Morgan fingerprint density at radius 2 is 2.26 bits per heavy atom. The molecular weight excluding hydrogens is 244 g/mol. The quantitative estimate of drug-likeness (QED) is 0.785. The molecule has 0 spiro atoms. The maximum Gasteiger partial charge on any atom is 0.325 e. The van der Waals surface area contributed by atoms with Crippen molar-refractivity contribution in [3.8, 4) is 0 Å². The average Bonchev–Trinajstić information content (AvgIpc) is 2.67. The molecule has 6 nitrogen and oxygen atoms in total. The number of pyridine rings is 1. The molecule has 1 aliphatic heterocycles. The Balaban J connectivity index is 2.10. The molecule has 0 aliphatic carbocycles. The Hall–Kier alpha value is -2.11. The van der Waals surface area contributed by atoms with Gasteiger partial charge in [0.05, 0.1) is 6.54 Å². The molecule has 6 heteroatoms. The highest BCUT2D eigenvalue weighted by molar-refractivity contribution is 6.04. The minimum atomic E-state index is -0.372. The molecule has 102 valence electrons. The van der Waals surface area contributed by atoms with Crippen LogP contribution in [0.25, 0.3) is 0 Å². The normalized spacial score (nSPS) is 18.6. The molecule has 1 aliphatic rings. The molecule has 1 aromatic rings. The zero-order valence-corrected chi connectivity index (χ0v) is 11.1. The number of hydrogen-bond acceptors (Lipinski definition) is 4. The third kappa shape index (κ3) is 2.83. The van der Waals surface area contributed by atoms with Crippen LogP contribution in [-0.4, -0.2) is 34.9 Å². The van der Waals surface area contributed by atoms with E-state index in [1.165, 1.54) is 4.90 Å². The molecule has 1 atom stereocenters. The van der Waals surface area contributed by atoms with Crippen molar-refractivity contribution < 1.29 is 9.59 Å². The zero-order valence-electron chi connectivity index (χ0n) is 11.1. The minimum absolute atomic E-state index is 0.144. The number of imide groups is 1. The Morgan fingerprint density at radius 1 is 1.47 bits per heavy atom. The van der Waals surface area contributed by atoms with Crippen molar-refractivity contribution in [2.45, 2.75) is 32.4 Å². The van der Waals surface area contributed by atoms with Gasteiger partial charge in [0.1, 0.15) is 11.9 Å². The van der Waals surface area contributed by atoms with E-state index in [4.69, 9.17) is 0 Å². The van der Waals surface area contributed by atoms with Crippen LogP contribution in [0.1, 0.15) is 25.3 Å². The molecule has 2 heterocycles. The van der Waals surface area contributed by atoms with Crippen LogP contribution in [0.5, 0.6) is 0 Å². The third-order valence-corrected chi connectivity index (χ3v) is 3.11. The summed E-state index contributed by atoms with van der Waals surface area (Å²) in [5.74, 6) is 0.573. The van der Waals surface area contributed by atoms with Gasteiger partial charge in [-0.05, 0) is 24.1 Å². The molecule has 19 heavy (non-hydrogen) atoms. The molecule has 0 radical (unpaired) electrons. The van der Waals surface area contributed by atoms with Gasteiger partial charge in [0.2, 0.25) is 0 Å². The number of aromatic nitrogens is 1. The van der Waals surface area contributed by atoms with Crippen LogP contribution in [0.2, 0.25) is 0 Å². The molecule has 3 amide bonds. The highest BCUT2D eigenvalue weighted by Gasteiger charge is 2.37. The van der Waals surface area contributed by atoms with Crippen LogP contribution >= 0.6 is 0 Å². The molecule has 0 saturated carbocycles. The van der Waals surface area contributed by atoms with Crippen molar-refractivity contribution >= 4 is 17.8 Å². The highest BCUT2D eigenvalue weighted by atomic mass is 16.2. The molecular formula is C13H18N4O2. The number of amides is 3. The van der Waals surface area contributed by atoms with Gasteiger partial charge in [-0.3, -0.25) is 9.69 Å². The fourth-order valence-electron chi connectivity index (χ4n) is 2.10. The van der Waals surface area contributed by atoms with Gasteiger partial charge in [0.25, 0.3) is 5.91 Å². The van der Waals surface area contributed by atoms with Crippen molar-refractivity contribution in [1.29, 1.82) is 0 Å². The molecule has 0 bridgehead atoms. The lowest BCUT2D eigenvalue weighted by Gasteiger charge is -2.13. The molecule has 2 N–H and O–H groups in total. The molecule has 0 aromatic carbocycles. The van der Waals surface area contributed by atoms with E-state index in [9.17, 15) is 9.59 Å². The molecule has 1 aromatic heterocycles. The minimum Gasteiger partial charge on any atom is -0.373 e. The van der Waals surface area contributed by atoms with E-state index in [-0.39, 0.29) is 24.5 Å².